The predicted molar refractivity (Wildman–Crippen MR) is 54.5 cm³/mol. The van der Waals surface area contributed by atoms with Gasteiger partial charge >= 0.3 is 0 Å². The van der Waals surface area contributed by atoms with Gasteiger partial charge in [0, 0.05) is 0 Å². The zero-order valence-corrected chi connectivity index (χ0v) is 8.84. The van der Waals surface area contributed by atoms with Crippen molar-refractivity contribution in [3.8, 4) is 5.75 Å². The van der Waals surface area contributed by atoms with Gasteiger partial charge in [-0.3, -0.25) is 0 Å². The van der Waals surface area contributed by atoms with Crippen LogP contribution in [0.25, 0.3) is 0 Å². The summed E-state index contributed by atoms with van der Waals surface area (Å²) >= 11 is 0. The van der Waals surface area contributed by atoms with E-state index in [1.807, 2.05) is 13.1 Å². The van der Waals surface area contributed by atoms with Crippen LogP contribution in [0.5, 0.6) is 5.75 Å². The lowest BCUT2D eigenvalue weighted by Crippen LogP contribution is -2.56. The Labute approximate surface area is 88.2 Å². The third kappa shape index (κ3) is 1.60. The molecule has 0 spiro atoms. The molecular formula is C11H14FNO2. The van der Waals surface area contributed by atoms with Gasteiger partial charge in [0.25, 0.3) is 0 Å². The maximum atomic E-state index is 13.5. The summed E-state index contributed by atoms with van der Waals surface area (Å²) in [6.45, 7) is 1.16. The van der Waals surface area contributed by atoms with Crippen molar-refractivity contribution in [2.45, 2.75) is 5.54 Å². The molecule has 2 rings (SSSR count). The van der Waals surface area contributed by atoms with Crippen molar-refractivity contribution in [3.05, 3.63) is 29.6 Å². The first-order valence-corrected chi connectivity index (χ1v) is 4.82. The minimum atomic E-state index is -0.337. The van der Waals surface area contributed by atoms with Gasteiger partial charge in [-0.05, 0) is 24.7 Å². The summed E-state index contributed by atoms with van der Waals surface area (Å²) in [7, 11) is 3.31. The van der Waals surface area contributed by atoms with Crippen LogP contribution in [0.1, 0.15) is 5.56 Å². The zero-order chi connectivity index (χ0) is 10.9. The molecular weight excluding hydrogens is 197 g/mol. The first kappa shape index (κ1) is 10.4. The van der Waals surface area contributed by atoms with E-state index in [4.69, 9.17) is 9.47 Å². The molecule has 0 bridgehead atoms. The SMILES string of the molecule is CNC1(c2ccc(OC)c(F)c2)COC1. The highest BCUT2D eigenvalue weighted by Gasteiger charge is 2.39. The van der Waals surface area contributed by atoms with Gasteiger partial charge in [-0.25, -0.2) is 4.39 Å². The lowest BCUT2D eigenvalue weighted by molar-refractivity contribution is -0.0749. The molecule has 1 heterocycles. The van der Waals surface area contributed by atoms with Gasteiger partial charge in [0.2, 0.25) is 0 Å². The second-order valence-corrected chi connectivity index (χ2v) is 3.67. The van der Waals surface area contributed by atoms with Crippen LogP contribution in [0.4, 0.5) is 4.39 Å². The van der Waals surface area contributed by atoms with E-state index >= 15 is 0 Å². The van der Waals surface area contributed by atoms with Crippen molar-refractivity contribution in [3.63, 3.8) is 0 Å². The molecule has 1 aromatic rings. The van der Waals surface area contributed by atoms with E-state index in [1.165, 1.54) is 13.2 Å². The Kier molecular flexibility index (Phi) is 2.63. The zero-order valence-electron chi connectivity index (χ0n) is 8.84. The first-order valence-electron chi connectivity index (χ1n) is 4.82. The molecule has 1 fully saturated rings. The third-order valence-corrected chi connectivity index (χ3v) is 2.88. The number of hydrogen-bond acceptors (Lipinski definition) is 3. The Morgan fingerprint density at radius 2 is 2.20 bits per heavy atom. The van der Waals surface area contributed by atoms with Gasteiger partial charge in [0.15, 0.2) is 11.6 Å². The summed E-state index contributed by atoms with van der Waals surface area (Å²) in [6.07, 6.45) is 0. The number of rotatable bonds is 3. The summed E-state index contributed by atoms with van der Waals surface area (Å²) in [5.41, 5.74) is 0.669. The standard InChI is InChI=1S/C11H14FNO2/c1-13-11(6-15-7-11)8-3-4-10(14-2)9(12)5-8/h3-5,13H,6-7H2,1-2H3. The number of hydrogen-bond donors (Lipinski definition) is 1. The summed E-state index contributed by atoms with van der Waals surface area (Å²) < 4.78 is 23.5. The maximum Gasteiger partial charge on any atom is 0.165 e. The monoisotopic (exact) mass is 211 g/mol. The molecule has 0 saturated carbocycles. The summed E-state index contributed by atoms with van der Waals surface area (Å²) in [6, 6.07) is 5.00. The van der Waals surface area contributed by atoms with Crippen LogP contribution in [-0.2, 0) is 10.3 Å². The number of methoxy groups -OCH3 is 1. The normalized spacial score (nSPS) is 18.3. The first-order chi connectivity index (χ1) is 7.22. The van der Waals surface area contributed by atoms with Crippen molar-refractivity contribution >= 4 is 0 Å². The molecule has 0 unspecified atom stereocenters. The van der Waals surface area contributed by atoms with Crippen molar-refractivity contribution in [2.24, 2.45) is 0 Å². The summed E-state index contributed by atoms with van der Waals surface area (Å²) in [5, 5.41) is 3.16. The van der Waals surface area contributed by atoms with Crippen molar-refractivity contribution in [1.82, 2.24) is 5.32 Å². The van der Waals surface area contributed by atoms with Crippen LogP contribution < -0.4 is 10.1 Å². The van der Waals surface area contributed by atoms with E-state index < -0.39 is 0 Å². The summed E-state index contributed by atoms with van der Waals surface area (Å²) in [5.74, 6) is -0.0678. The van der Waals surface area contributed by atoms with E-state index in [-0.39, 0.29) is 17.1 Å². The van der Waals surface area contributed by atoms with Crippen LogP contribution >= 0.6 is 0 Å². The maximum absolute atomic E-state index is 13.5. The number of nitrogens with one attached hydrogen (secondary N) is 1. The Morgan fingerprint density at radius 1 is 1.47 bits per heavy atom. The Hall–Kier alpha value is -1.13. The highest BCUT2D eigenvalue weighted by Crippen LogP contribution is 2.31. The fraction of sp³-hybridized carbons (Fsp3) is 0.455. The molecule has 1 aliphatic rings. The van der Waals surface area contributed by atoms with Crippen molar-refractivity contribution in [1.29, 1.82) is 0 Å². The van der Waals surface area contributed by atoms with Gasteiger partial charge in [-0.2, -0.15) is 0 Å². The fourth-order valence-corrected chi connectivity index (χ4v) is 1.73. The Morgan fingerprint density at radius 3 is 2.60 bits per heavy atom. The minimum absolute atomic E-state index is 0.229. The molecule has 1 aliphatic heterocycles. The van der Waals surface area contributed by atoms with Gasteiger partial charge < -0.3 is 14.8 Å². The fourth-order valence-electron chi connectivity index (χ4n) is 1.73. The highest BCUT2D eigenvalue weighted by atomic mass is 19.1. The molecule has 1 N–H and O–H groups in total. The van der Waals surface area contributed by atoms with E-state index in [0.29, 0.717) is 13.2 Å². The third-order valence-electron chi connectivity index (χ3n) is 2.88. The second kappa shape index (κ2) is 3.79. The molecule has 0 amide bonds. The number of benzene rings is 1. The topological polar surface area (TPSA) is 30.5 Å². The van der Waals surface area contributed by atoms with E-state index in [2.05, 4.69) is 5.32 Å². The lowest BCUT2D eigenvalue weighted by Gasteiger charge is -2.41. The van der Waals surface area contributed by atoms with Crippen LogP contribution in [-0.4, -0.2) is 27.4 Å². The molecule has 0 atom stereocenters. The number of ether oxygens (including phenoxy) is 2. The van der Waals surface area contributed by atoms with Crippen LogP contribution in [0.3, 0.4) is 0 Å². The average Bonchev–Trinajstić information content (AvgIpc) is 2.17. The number of halogens is 1. The quantitative estimate of drug-likeness (QED) is 0.817. The molecule has 82 valence electrons. The van der Waals surface area contributed by atoms with Gasteiger partial charge in [0.1, 0.15) is 0 Å². The molecule has 4 heteroatoms. The number of likely N-dealkylation sites (N-methyl/N-ethyl adjacent to an activating group) is 1. The van der Waals surface area contributed by atoms with Crippen molar-refractivity contribution < 1.29 is 13.9 Å². The molecule has 1 saturated heterocycles. The molecule has 15 heavy (non-hydrogen) atoms. The predicted octanol–water partition coefficient (Wildman–Crippen LogP) is 1.28. The second-order valence-electron chi connectivity index (χ2n) is 3.67. The van der Waals surface area contributed by atoms with Gasteiger partial charge in [0.05, 0.1) is 25.9 Å². The molecule has 3 nitrogen and oxygen atoms in total. The van der Waals surface area contributed by atoms with Crippen LogP contribution in [0.15, 0.2) is 18.2 Å². The van der Waals surface area contributed by atoms with E-state index in [1.54, 1.807) is 6.07 Å². The average molecular weight is 211 g/mol. The van der Waals surface area contributed by atoms with E-state index in [9.17, 15) is 4.39 Å². The van der Waals surface area contributed by atoms with Crippen LogP contribution in [0.2, 0.25) is 0 Å². The molecule has 0 aliphatic carbocycles. The van der Waals surface area contributed by atoms with E-state index in [0.717, 1.165) is 5.56 Å². The molecule has 1 aromatic carbocycles. The summed E-state index contributed by atoms with van der Waals surface area (Å²) in [4.78, 5) is 0. The lowest BCUT2D eigenvalue weighted by atomic mass is 9.88. The molecule has 0 radical (unpaired) electrons. The largest absolute Gasteiger partial charge is 0.494 e. The smallest absolute Gasteiger partial charge is 0.165 e. The van der Waals surface area contributed by atoms with Crippen molar-refractivity contribution in [2.75, 3.05) is 27.4 Å². The minimum Gasteiger partial charge on any atom is -0.494 e. The Bertz CT molecular complexity index is 358. The van der Waals surface area contributed by atoms with Gasteiger partial charge in [-0.1, -0.05) is 6.07 Å². The highest BCUT2D eigenvalue weighted by molar-refractivity contribution is 5.34. The Balaban J connectivity index is 2.33. The molecule has 0 aromatic heterocycles. The van der Waals surface area contributed by atoms with Crippen LogP contribution in [0, 0.1) is 5.82 Å². The van der Waals surface area contributed by atoms with Gasteiger partial charge in [-0.15, -0.1) is 0 Å².